The fourth-order valence-electron chi connectivity index (χ4n) is 8.11. The van der Waals surface area contributed by atoms with E-state index in [0.717, 1.165) is 6.04 Å². The minimum atomic E-state index is 0.806. The molecule has 0 radical (unpaired) electrons. The lowest BCUT2D eigenvalue weighted by Gasteiger charge is -2.42. The maximum Gasteiger partial charge on any atom is 0.138 e. The van der Waals surface area contributed by atoms with E-state index in [9.17, 15) is 0 Å². The average molecular weight is 679 g/mol. The number of hydrogen-bond donors (Lipinski definition) is 0. The molecule has 0 aromatic heterocycles. The summed E-state index contributed by atoms with van der Waals surface area (Å²) >= 11 is 0. The highest BCUT2D eigenvalue weighted by Gasteiger charge is 2.33. The summed E-state index contributed by atoms with van der Waals surface area (Å²) in [5.74, 6) is 0. The zero-order valence-corrected chi connectivity index (χ0v) is 35.3. The topological polar surface area (TPSA) is 0 Å². The summed E-state index contributed by atoms with van der Waals surface area (Å²) in [4.78, 5) is 0. The Morgan fingerprint density at radius 1 is 0.292 bits per heavy atom. The summed E-state index contributed by atoms with van der Waals surface area (Å²) < 4.78 is 2.46. The van der Waals surface area contributed by atoms with Crippen LogP contribution in [0.5, 0.6) is 0 Å². The van der Waals surface area contributed by atoms with Crippen molar-refractivity contribution < 1.29 is 8.97 Å². The van der Waals surface area contributed by atoms with Crippen LogP contribution in [0.15, 0.2) is 0 Å². The van der Waals surface area contributed by atoms with E-state index >= 15 is 0 Å². The van der Waals surface area contributed by atoms with Gasteiger partial charge in [-0.25, -0.2) is 0 Å². The first kappa shape index (κ1) is 47.9. The minimum absolute atomic E-state index is 0.806. The van der Waals surface area contributed by atoms with Gasteiger partial charge in [0.05, 0.1) is 41.3 Å². The van der Waals surface area contributed by atoms with Crippen LogP contribution < -0.4 is 0 Å². The number of nitrogens with zero attached hydrogens (tertiary/aromatic N) is 2. The summed E-state index contributed by atoms with van der Waals surface area (Å²) in [7, 11) is 10.2. The van der Waals surface area contributed by atoms with Crippen molar-refractivity contribution >= 4 is 0 Å². The van der Waals surface area contributed by atoms with Crippen LogP contribution in [0, 0.1) is 0 Å². The number of quaternary nitrogens is 2. The Hall–Kier alpha value is -0.0800. The monoisotopic (exact) mass is 679 g/mol. The van der Waals surface area contributed by atoms with Crippen molar-refractivity contribution in [3.8, 4) is 0 Å². The van der Waals surface area contributed by atoms with E-state index in [1.807, 2.05) is 0 Å². The summed E-state index contributed by atoms with van der Waals surface area (Å²) in [6.45, 7) is 11.1. The molecule has 0 heterocycles. The third kappa shape index (κ3) is 33.1. The molecule has 0 saturated carbocycles. The van der Waals surface area contributed by atoms with Crippen molar-refractivity contribution in [2.24, 2.45) is 0 Å². The molecule has 0 spiro atoms. The fourth-order valence-corrected chi connectivity index (χ4v) is 8.11. The molecular formula is C46H98N2+2. The minimum Gasteiger partial charge on any atom is -0.324 e. The lowest BCUT2D eigenvalue weighted by Crippen LogP contribution is -2.58. The molecule has 290 valence electrons. The van der Waals surface area contributed by atoms with Crippen molar-refractivity contribution in [1.82, 2.24) is 0 Å². The number of rotatable bonds is 40. The van der Waals surface area contributed by atoms with E-state index in [1.54, 1.807) is 0 Å². The predicted molar refractivity (Wildman–Crippen MR) is 221 cm³/mol. The fraction of sp³-hybridized carbons (Fsp3) is 1.00. The Labute approximate surface area is 307 Å². The third-order valence-electron chi connectivity index (χ3n) is 11.8. The van der Waals surface area contributed by atoms with Crippen LogP contribution in [0.1, 0.15) is 245 Å². The van der Waals surface area contributed by atoms with Gasteiger partial charge < -0.3 is 8.97 Å². The number of hydrogen-bond acceptors (Lipinski definition) is 0. The highest BCUT2D eigenvalue weighted by Crippen LogP contribution is 2.22. The Balaban J connectivity index is 4.19. The molecule has 0 rings (SSSR count). The SMILES string of the molecule is CCCCCCCCCCCCCCCCCC[N+](C)(C)CC(CCCCCCCCCCCCCCCC)[N+](C)(C)CCCCCC. The Morgan fingerprint density at radius 3 is 0.875 bits per heavy atom. The van der Waals surface area contributed by atoms with Gasteiger partial charge in [0.25, 0.3) is 0 Å². The highest BCUT2D eigenvalue weighted by molar-refractivity contribution is 4.62. The quantitative estimate of drug-likeness (QED) is 0.0447. The van der Waals surface area contributed by atoms with E-state index in [1.165, 1.54) is 253 Å². The van der Waals surface area contributed by atoms with Crippen LogP contribution in [0.3, 0.4) is 0 Å². The van der Waals surface area contributed by atoms with Gasteiger partial charge in [-0.15, -0.1) is 0 Å². The van der Waals surface area contributed by atoms with Crippen molar-refractivity contribution in [1.29, 1.82) is 0 Å². The van der Waals surface area contributed by atoms with Crippen molar-refractivity contribution in [3.05, 3.63) is 0 Å². The predicted octanol–water partition coefficient (Wildman–Crippen LogP) is 15.2. The molecule has 0 N–H and O–H groups in total. The normalized spacial score (nSPS) is 13.1. The van der Waals surface area contributed by atoms with Crippen molar-refractivity contribution in [2.45, 2.75) is 252 Å². The zero-order chi connectivity index (χ0) is 35.4. The molecule has 1 unspecified atom stereocenters. The molecule has 48 heavy (non-hydrogen) atoms. The number of unbranched alkanes of at least 4 members (excludes halogenated alkanes) is 31. The zero-order valence-electron chi connectivity index (χ0n) is 35.3. The summed E-state index contributed by atoms with van der Waals surface area (Å²) in [6.07, 6.45) is 50.8. The van der Waals surface area contributed by atoms with Crippen molar-refractivity contribution in [3.63, 3.8) is 0 Å². The van der Waals surface area contributed by atoms with E-state index in [0.29, 0.717) is 0 Å². The van der Waals surface area contributed by atoms with Crippen LogP contribution in [0.25, 0.3) is 0 Å². The van der Waals surface area contributed by atoms with Gasteiger partial charge in [-0.05, 0) is 32.1 Å². The largest absolute Gasteiger partial charge is 0.324 e. The average Bonchev–Trinajstić information content (AvgIpc) is 3.06. The maximum atomic E-state index is 2.56. The first-order chi connectivity index (χ1) is 23.3. The molecule has 0 saturated heterocycles. The molecule has 0 amide bonds. The van der Waals surface area contributed by atoms with Crippen LogP contribution in [-0.4, -0.2) is 62.8 Å². The van der Waals surface area contributed by atoms with Gasteiger partial charge in [-0.2, -0.15) is 0 Å². The van der Waals surface area contributed by atoms with Crippen LogP contribution in [-0.2, 0) is 0 Å². The summed E-state index contributed by atoms with van der Waals surface area (Å²) in [5.41, 5.74) is 0. The Bertz CT molecular complexity index is 611. The van der Waals surface area contributed by atoms with Crippen LogP contribution in [0.2, 0.25) is 0 Å². The van der Waals surface area contributed by atoms with Gasteiger partial charge in [0.15, 0.2) is 0 Å². The highest BCUT2D eigenvalue weighted by atomic mass is 15.4. The van der Waals surface area contributed by atoms with E-state index in [4.69, 9.17) is 0 Å². The molecule has 1 atom stereocenters. The number of likely N-dealkylation sites (N-methyl/N-ethyl adjacent to an activating group) is 2. The van der Waals surface area contributed by atoms with Crippen LogP contribution in [0.4, 0.5) is 0 Å². The van der Waals surface area contributed by atoms with Gasteiger partial charge in [0, 0.05) is 6.42 Å². The van der Waals surface area contributed by atoms with E-state index in [2.05, 4.69) is 49.0 Å². The summed E-state index contributed by atoms with van der Waals surface area (Å²) in [6, 6.07) is 0.806. The molecule has 0 bridgehead atoms. The second kappa shape index (κ2) is 35.3. The van der Waals surface area contributed by atoms with Gasteiger partial charge in [-0.3, -0.25) is 0 Å². The molecule has 0 fully saturated rings. The molecule has 0 aromatic rings. The first-order valence-electron chi connectivity index (χ1n) is 22.9. The molecule has 0 aromatic carbocycles. The second-order valence-corrected chi connectivity index (χ2v) is 17.7. The lowest BCUT2D eigenvalue weighted by atomic mass is 10.0. The Kier molecular flexibility index (Phi) is 35.3. The maximum absolute atomic E-state index is 2.56. The standard InChI is InChI=1S/C46H98N2/c1-8-11-14-17-19-21-23-25-27-28-30-32-34-36-38-40-43-47(4,5)45-46(48(6,7)44-41-16-13-10-3)42-39-37-35-33-31-29-26-24-22-20-18-15-12-9-2/h46H,8-45H2,1-7H3/q+2. The second-order valence-electron chi connectivity index (χ2n) is 17.7. The van der Waals surface area contributed by atoms with Crippen LogP contribution >= 0.6 is 0 Å². The summed E-state index contributed by atoms with van der Waals surface area (Å²) in [5, 5.41) is 0. The van der Waals surface area contributed by atoms with Gasteiger partial charge in [0.2, 0.25) is 0 Å². The van der Waals surface area contributed by atoms with E-state index in [-0.39, 0.29) is 0 Å². The smallest absolute Gasteiger partial charge is 0.138 e. The van der Waals surface area contributed by atoms with E-state index < -0.39 is 0 Å². The molecule has 0 aliphatic carbocycles. The van der Waals surface area contributed by atoms with Crippen molar-refractivity contribution in [2.75, 3.05) is 47.8 Å². The van der Waals surface area contributed by atoms with Gasteiger partial charge in [-0.1, -0.05) is 207 Å². The molecule has 0 aliphatic rings. The first-order valence-corrected chi connectivity index (χ1v) is 22.9. The molecule has 2 nitrogen and oxygen atoms in total. The lowest BCUT2D eigenvalue weighted by molar-refractivity contribution is -0.965. The van der Waals surface area contributed by atoms with Gasteiger partial charge in [0.1, 0.15) is 12.6 Å². The third-order valence-corrected chi connectivity index (χ3v) is 11.8. The van der Waals surface area contributed by atoms with Gasteiger partial charge >= 0.3 is 0 Å². The Morgan fingerprint density at radius 2 is 0.542 bits per heavy atom. The molecule has 2 heteroatoms. The molecule has 0 aliphatic heterocycles. The molecular weight excluding hydrogens is 581 g/mol.